The van der Waals surface area contributed by atoms with Gasteiger partial charge in [0.25, 0.3) is 0 Å². The SMILES string of the molecule is CC(C)Oc1ccc(C(=O)CCN2CCOCC2)cc1.Cl. The summed E-state index contributed by atoms with van der Waals surface area (Å²) in [4.78, 5) is 14.4. The highest BCUT2D eigenvalue weighted by atomic mass is 35.5. The second-order valence-corrected chi connectivity index (χ2v) is 5.32. The van der Waals surface area contributed by atoms with E-state index >= 15 is 0 Å². The lowest BCUT2D eigenvalue weighted by Crippen LogP contribution is -2.37. The Labute approximate surface area is 132 Å². The third-order valence-corrected chi connectivity index (χ3v) is 3.31. The van der Waals surface area contributed by atoms with Crippen LogP contribution in [-0.4, -0.2) is 49.6 Å². The van der Waals surface area contributed by atoms with Crippen LogP contribution in [0.4, 0.5) is 0 Å². The molecule has 0 saturated carbocycles. The molecule has 5 heteroatoms. The molecule has 0 aliphatic carbocycles. The summed E-state index contributed by atoms with van der Waals surface area (Å²) < 4.78 is 10.9. The largest absolute Gasteiger partial charge is 0.491 e. The predicted octanol–water partition coefficient (Wildman–Crippen LogP) is 2.80. The van der Waals surface area contributed by atoms with E-state index in [1.165, 1.54) is 0 Å². The molecule has 0 amide bonds. The molecule has 1 heterocycles. The van der Waals surface area contributed by atoms with Crippen LogP contribution in [0.1, 0.15) is 30.6 Å². The van der Waals surface area contributed by atoms with Crippen LogP contribution < -0.4 is 4.74 Å². The molecule has 118 valence electrons. The van der Waals surface area contributed by atoms with E-state index in [2.05, 4.69) is 4.90 Å². The van der Waals surface area contributed by atoms with E-state index in [9.17, 15) is 4.79 Å². The Morgan fingerprint density at radius 3 is 2.43 bits per heavy atom. The number of morpholine rings is 1. The van der Waals surface area contributed by atoms with Gasteiger partial charge in [-0.25, -0.2) is 0 Å². The Morgan fingerprint density at radius 1 is 1.24 bits per heavy atom. The zero-order valence-corrected chi connectivity index (χ0v) is 13.5. The summed E-state index contributed by atoms with van der Waals surface area (Å²) in [5.41, 5.74) is 0.759. The molecule has 0 aromatic heterocycles. The summed E-state index contributed by atoms with van der Waals surface area (Å²) in [7, 11) is 0. The molecule has 0 bridgehead atoms. The zero-order chi connectivity index (χ0) is 14.4. The third kappa shape index (κ3) is 6.04. The first kappa shape index (κ1) is 18.0. The molecule has 0 radical (unpaired) electrons. The van der Waals surface area contributed by atoms with Crippen LogP contribution >= 0.6 is 12.4 Å². The Hall–Kier alpha value is -1.10. The number of Topliss-reactive ketones (excluding diaryl/α,β-unsaturated/α-hetero) is 1. The fourth-order valence-electron chi connectivity index (χ4n) is 2.22. The van der Waals surface area contributed by atoms with Crippen LogP contribution in [0.3, 0.4) is 0 Å². The number of carbonyl (C=O) groups excluding carboxylic acids is 1. The summed E-state index contributed by atoms with van der Waals surface area (Å²) in [6.07, 6.45) is 0.711. The summed E-state index contributed by atoms with van der Waals surface area (Å²) in [5, 5.41) is 0. The van der Waals surface area contributed by atoms with Gasteiger partial charge in [-0.1, -0.05) is 0 Å². The van der Waals surface area contributed by atoms with Crippen molar-refractivity contribution >= 4 is 18.2 Å². The Balaban J connectivity index is 0.00000220. The van der Waals surface area contributed by atoms with Crippen LogP contribution in [0.25, 0.3) is 0 Å². The predicted molar refractivity (Wildman–Crippen MR) is 85.7 cm³/mol. The third-order valence-electron chi connectivity index (χ3n) is 3.31. The van der Waals surface area contributed by atoms with Gasteiger partial charge >= 0.3 is 0 Å². The van der Waals surface area contributed by atoms with Crippen molar-refractivity contribution in [1.82, 2.24) is 4.90 Å². The summed E-state index contributed by atoms with van der Waals surface area (Å²) in [5.74, 6) is 0.998. The molecule has 1 aliphatic heterocycles. The zero-order valence-electron chi connectivity index (χ0n) is 12.7. The molecule has 0 unspecified atom stereocenters. The number of benzene rings is 1. The normalized spacial score (nSPS) is 15.6. The van der Waals surface area contributed by atoms with E-state index in [-0.39, 0.29) is 24.3 Å². The molecule has 2 rings (SSSR count). The van der Waals surface area contributed by atoms with Gasteiger partial charge in [0.2, 0.25) is 0 Å². The van der Waals surface area contributed by atoms with Gasteiger partial charge in [0, 0.05) is 31.6 Å². The fourth-order valence-corrected chi connectivity index (χ4v) is 2.22. The number of halogens is 1. The standard InChI is InChI=1S/C16H23NO3.ClH/c1-13(2)20-15-5-3-14(4-6-15)16(18)7-8-17-9-11-19-12-10-17;/h3-6,13H,7-12H2,1-2H3;1H. The maximum Gasteiger partial charge on any atom is 0.164 e. The minimum absolute atomic E-state index is 0. The van der Waals surface area contributed by atoms with Gasteiger partial charge in [0.05, 0.1) is 19.3 Å². The molecule has 0 atom stereocenters. The minimum atomic E-state index is 0. The lowest BCUT2D eigenvalue weighted by molar-refractivity contribution is 0.0370. The maximum atomic E-state index is 12.1. The number of hydrogen-bond acceptors (Lipinski definition) is 4. The number of ether oxygens (including phenoxy) is 2. The van der Waals surface area contributed by atoms with Crippen LogP contribution in [0.15, 0.2) is 24.3 Å². The van der Waals surface area contributed by atoms with Crippen molar-refractivity contribution in [3.63, 3.8) is 0 Å². The molecule has 1 saturated heterocycles. The van der Waals surface area contributed by atoms with Gasteiger partial charge in [-0.3, -0.25) is 9.69 Å². The molecule has 1 fully saturated rings. The monoisotopic (exact) mass is 313 g/mol. The molecule has 1 aromatic carbocycles. The van der Waals surface area contributed by atoms with E-state index in [1.54, 1.807) is 0 Å². The van der Waals surface area contributed by atoms with Crippen molar-refractivity contribution in [2.24, 2.45) is 0 Å². The number of hydrogen-bond donors (Lipinski definition) is 0. The van der Waals surface area contributed by atoms with Crippen LogP contribution in [0.2, 0.25) is 0 Å². The quantitative estimate of drug-likeness (QED) is 0.757. The summed E-state index contributed by atoms with van der Waals surface area (Å²) >= 11 is 0. The second-order valence-electron chi connectivity index (χ2n) is 5.32. The molecule has 0 spiro atoms. The molecule has 0 N–H and O–H groups in total. The highest BCUT2D eigenvalue weighted by Gasteiger charge is 2.13. The van der Waals surface area contributed by atoms with Crippen molar-refractivity contribution in [2.75, 3.05) is 32.8 Å². The number of carbonyl (C=O) groups is 1. The van der Waals surface area contributed by atoms with Crippen LogP contribution in [0.5, 0.6) is 5.75 Å². The van der Waals surface area contributed by atoms with E-state index < -0.39 is 0 Å². The highest BCUT2D eigenvalue weighted by Crippen LogP contribution is 2.15. The first-order chi connectivity index (χ1) is 9.65. The van der Waals surface area contributed by atoms with E-state index in [4.69, 9.17) is 9.47 Å². The van der Waals surface area contributed by atoms with E-state index in [1.807, 2.05) is 38.1 Å². The second kappa shape index (κ2) is 9.03. The Bertz CT molecular complexity index is 428. The number of rotatable bonds is 6. The average Bonchev–Trinajstić information content (AvgIpc) is 2.46. The average molecular weight is 314 g/mol. The fraction of sp³-hybridized carbons (Fsp3) is 0.562. The van der Waals surface area contributed by atoms with Gasteiger partial charge in [-0.05, 0) is 38.1 Å². The first-order valence-corrected chi connectivity index (χ1v) is 7.25. The highest BCUT2D eigenvalue weighted by molar-refractivity contribution is 5.96. The Kier molecular flexibility index (Phi) is 7.72. The number of nitrogens with zero attached hydrogens (tertiary/aromatic N) is 1. The molecular formula is C16H24ClNO3. The van der Waals surface area contributed by atoms with Gasteiger partial charge < -0.3 is 9.47 Å². The van der Waals surface area contributed by atoms with Gasteiger partial charge in [-0.2, -0.15) is 0 Å². The van der Waals surface area contributed by atoms with Crippen molar-refractivity contribution in [2.45, 2.75) is 26.4 Å². The lowest BCUT2D eigenvalue weighted by atomic mass is 10.1. The van der Waals surface area contributed by atoms with Gasteiger partial charge in [-0.15, -0.1) is 12.4 Å². The van der Waals surface area contributed by atoms with Crippen molar-refractivity contribution in [3.8, 4) is 5.75 Å². The van der Waals surface area contributed by atoms with E-state index in [0.717, 1.165) is 44.2 Å². The van der Waals surface area contributed by atoms with Crippen LogP contribution in [-0.2, 0) is 4.74 Å². The summed E-state index contributed by atoms with van der Waals surface area (Å²) in [6.45, 7) is 8.18. The lowest BCUT2D eigenvalue weighted by Gasteiger charge is -2.26. The van der Waals surface area contributed by atoms with Crippen LogP contribution in [0, 0.1) is 0 Å². The smallest absolute Gasteiger partial charge is 0.164 e. The van der Waals surface area contributed by atoms with Gasteiger partial charge in [0.1, 0.15) is 5.75 Å². The van der Waals surface area contributed by atoms with Crippen molar-refractivity contribution in [1.29, 1.82) is 0 Å². The van der Waals surface area contributed by atoms with Gasteiger partial charge in [0.15, 0.2) is 5.78 Å². The topological polar surface area (TPSA) is 38.8 Å². The van der Waals surface area contributed by atoms with Crippen molar-refractivity contribution in [3.05, 3.63) is 29.8 Å². The molecule has 1 aromatic rings. The molecule has 1 aliphatic rings. The molecule has 4 nitrogen and oxygen atoms in total. The van der Waals surface area contributed by atoms with E-state index in [0.29, 0.717) is 6.42 Å². The first-order valence-electron chi connectivity index (χ1n) is 7.25. The van der Waals surface area contributed by atoms with Crippen molar-refractivity contribution < 1.29 is 14.3 Å². The maximum absolute atomic E-state index is 12.1. The summed E-state index contributed by atoms with van der Waals surface area (Å²) in [6, 6.07) is 7.42. The minimum Gasteiger partial charge on any atom is -0.491 e. The molecule has 21 heavy (non-hydrogen) atoms. The molecular weight excluding hydrogens is 290 g/mol. The Morgan fingerprint density at radius 2 is 1.86 bits per heavy atom. The number of ketones is 1.